The van der Waals surface area contributed by atoms with Crippen LogP contribution >= 0.6 is 0 Å². The third-order valence-corrected chi connectivity index (χ3v) is 4.50. The number of hydrogen-bond acceptors (Lipinski definition) is 4. The second kappa shape index (κ2) is 9.07. The molecule has 0 atom stereocenters. The molecule has 0 fully saturated rings. The molecule has 29 heavy (non-hydrogen) atoms. The van der Waals surface area contributed by atoms with Crippen LogP contribution in [0.1, 0.15) is 30.0 Å². The van der Waals surface area contributed by atoms with Crippen molar-refractivity contribution in [2.75, 3.05) is 13.6 Å². The average molecular weight is 387 g/mol. The van der Waals surface area contributed by atoms with Gasteiger partial charge >= 0.3 is 0 Å². The Labute approximate surface area is 171 Å². The van der Waals surface area contributed by atoms with Gasteiger partial charge < -0.3 is 9.64 Å². The predicted octanol–water partition coefficient (Wildman–Crippen LogP) is 5.15. The first-order valence-corrected chi connectivity index (χ1v) is 9.60. The molecule has 6 nitrogen and oxygen atoms in total. The molecule has 3 rings (SSSR count). The molecule has 1 aromatic heterocycles. The van der Waals surface area contributed by atoms with Crippen LogP contribution in [-0.2, 0) is 0 Å². The molecule has 3 aromatic rings. The van der Waals surface area contributed by atoms with Gasteiger partial charge in [0.15, 0.2) is 0 Å². The Balaban J connectivity index is 1.76. The summed E-state index contributed by atoms with van der Waals surface area (Å²) in [5.41, 5.74) is 4.45. The molecule has 0 aliphatic heterocycles. The molecule has 0 radical (unpaired) electrons. The predicted molar refractivity (Wildman–Crippen MR) is 115 cm³/mol. The molecule has 0 spiro atoms. The zero-order valence-electron chi connectivity index (χ0n) is 17.3. The zero-order chi connectivity index (χ0) is 20.8. The monoisotopic (exact) mass is 387 g/mol. The molecule has 0 amide bonds. The van der Waals surface area contributed by atoms with Gasteiger partial charge in [0.05, 0.1) is 29.3 Å². The second-order valence-corrected chi connectivity index (χ2v) is 6.99. The summed E-state index contributed by atoms with van der Waals surface area (Å²) in [4.78, 5) is 6.67. The van der Waals surface area contributed by atoms with Crippen molar-refractivity contribution in [1.82, 2.24) is 14.7 Å². The Bertz CT molecular complexity index is 1040. The molecule has 0 bridgehead atoms. The summed E-state index contributed by atoms with van der Waals surface area (Å²) >= 11 is 0. The minimum atomic E-state index is 0.510. The average Bonchev–Trinajstić information content (AvgIpc) is 3.18. The number of aromatic nitrogens is 2. The van der Waals surface area contributed by atoms with Crippen molar-refractivity contribution in [3.8, 4) is 23.4 Å². The highest BCUT2D eigenvalue weighted by atomic mass is 16.5. The maximum Gasteiger partial charge on any atom is 0.238 e. The SMILES string of the molecule is CCCN(C)C=Nc1cc(C)c(Oc2ccn(-c3ccc(C#N)cc3)n2)cc1C. The number of aryl methyl sites for hydroxylation is 2. The lowest BCUT2D eigenvalue weighted by Gasteiger charge is -2.12. The lowest BCUT2D eigenvalue weighted by molar-refractivity contribution is 0.454. The lowest BCUT2D eigenvalue weighted by Crippen LogP contribution is -2.16. The van der Waals surface area contributed by atoms with Gasteiger partial charge in [-0.05, 0) is 67.8 Å². The van der Waals surface area contributed by atoms with Gasteiger partial charge in [0.1, 0.15) is 5.75 Å². The number of nitrogens with zero attached hydrogens (tertiary/aromatic N) is 5. The summed E-state index contributed by atoms with van der Waals surface area (Å²) in [6, 6.07) is 15.2. The van der Waals surface area contributed by atoms with Crippen LogP contribution in [0.2, 0.25) is 0 Å². The van der Waals surface area contributed by atoms with Gasteiger partial charge in [-0.25, -0.2) is 9.67 Å². The smallest absolute Gasteiger partial charge is 0.238 e. The first-order valence-electron chi connectivity index (χ1n) is 9.60. The summed E-state index contributed by atoms with van der Waals surface area (Å²) in [6.07, 6.45) is 4.79. The topological polar surface area (TPSA) is 66.4 Å². The van der Waals surface area contributed by atoms with Gasteiger partial charge in [-0.3, -0.25) is 0 Å². The Kier molecular flexibility index (Phi) is 6.30. The van der Waals surface area contributed by atoms with Gasteiger partial charge in [0.2, 0.25) is 5.88 Å². The molecule has 0 saturated heterocycles. The fourth-order valence-corrected chi connectivity index (χ4v) is 2.90. The maximum atomic E-state index is 8.92. The standard InChI is InChI=1S/C23H25N5O/c1-5-11-27(4)16-25-21-13-18(3)22(14-17(21)2)29-23-10-12-28(26-23)20-8-6-19(15-24)7-9-20/h6-10,12-14,16H,5,11H2,1-4H3. The van der Waals surface area contributed by atoms with E-state index in [0.29, 0.717) is 11.4 Å². The van der Waals surface area contributed by atoms with Crippen LogP contribution in [-0.4, -0.2) is 34.6 Å². The molecule has 0 saturated carbocycles. The number of nitriles is 1. The van der Waals surface area contributed by atoms with Gasteiger partial charge in [-0.1, -0.05) is 6.92 Å². The molecule has 0 aliphatic rings. The molecular weight excluding hydrogens is 362 g/mol. The van der Waals surface area contributed by atoms with Crippen LogP contribution in [0.4, 0.5) is 5.69 Å². The Morgan fingerprint density at radius 2 is 1.93 bits per heavy atom. The summed E-state index contributed by atoms with van der Waals surface area (Å²) in [7, 11) is 2.02. The maximum absolute atomic E-state index is 8.92. The van der Waals surface area contributed by atoms with E-state index in [4.69, 9.17) is 10.00 Å². The van der Waals surface area contributed by atoms with Crippen LogP contribution in [0.15, 0.2) is 53.7 Å². The van der Waals surface area contributed by atoms with Crippen molar-refractivity contribution in [3.63, 3.8) is 0 Å². The van der Waals surface area contributed by atoms with E-state index in [1.54, 1.807) is 16.8 Å². The molecule has 0 aliphatic carbocycles. The summed E-state index contributed by atoms with van der Waals surface area (Å²) < 4.78 is 7.73. The molecular formula is C23H25N5O. The van der Waals surface area contributed by atoms with Gasteiger partial charge in [0.25, 0.3) is 0 Å². The molecule has 148 valence electrons. The van der Waals surface area contributed by atoms with E-state index in [0.717, 1.165) is 41.2 Å². The van der Waals surface area contributed by atoms with Crippen molar-refractivity contribution in [2.24, 2.45) is 4.99 Å². The fourth-order valence-electron chi connectivity index (χ4n) is 2.90. The number of aliphatic imine (C=N–C) groups is 1. The molecule has 0 unspecified atom stereocenters. The lowest BCUT2D eigenvalue weighted by atomic mass is 10.1. The van der Waals surface area contributed by atoms with Crippen LogP contribution in [0, 0.1) is 25.2 Å². The first kappa shape index (κ1) is 20.2. The summed E-state index contributed by atoms with van der Waals surface area (Å²) in [6.45, 7) is 7.15. The molecule has 1 heterocycles. The van der Waals surface area contributed by atoms with Gasteiger partial charge in [-0.2, -0.15) is 5.26 Å². The number of ether oxygens (including phenoxy) is 1. The van der Waals surface area contributed by atoms with Gasteiger partial charge in [0, 0.05) is 25.9 Å². The Morgan fingerprint density at radius 1 is 1.17 bits per heavy atom. The van der Waals surface area contributed by atoms with Crippen LogP contribution in [0.5, 0.6) is 11.6 Å². The van der Waals surface area contributed by atoms with Crippen molar-refractivity contribution in [3.05, 3.63) is 65.4 Å². The quantitative estimate of drug-likeness (QED) is 0.415. The number of hydrogen-bond donors (Lipinski definition) is 0. The third-order valence-electron chi connectivity index (χ3n) is 4.50. The number of benzene rings is 2. The minimum absolute atomic E-state index is 0.510. The normalized spacial score (nSPS) is 10.9. The molecule has 2 aromatic carbocycles. The third kappa shape index (κ3) is 5.02. The van der Waals surface area contributed by atoms with E-state index >= 15 is 0 Å². The first-order chi connectivity index (χ1) is 14.0. The molecule has 0 N–H and O–H groups in total. The van der Waals surface area contributed by atoms with E-state index in [2.05, 4.69) is 28.0 Å². The van der Waals surface area contributed by atoms with E-state index in [1.165, 1.54) is 0 Å². The van der Waals surface area contributed by atoms with E-state index in [1.807, 2.05) is 63.8 Å². The number of rotatable bonds is 7. The van der Waals surface area contributed by atoms with Crippen molar-refractivity contribution < 1.29 is 4.74 Å². The zero-order valence-corrected chi connectivity index (χ0v) is 17.3. The highest BCUT2D eigenvalue weighted by molar-refractivity contribution is 5.64. The highest BCUT2D eigenvalue weighted by Crippen LogP contribution is 2.31. The fraction of sp³-hybridized carbons (Fsp3) is 0.261. The Morgan fingerprint density at radius 3 is 2.62 bits per heavy atom. The van der Waals surface area contributed by atoms with Crippen LogP contribution < -0.4 is 4.74 Å². The van der Waals surface area contributed by atoms with Crippen molar-refractivity contribution >= 4 is 12.0 Å². The Hall–Kier alpha value is -3.59. The molecule has 6 heteroatoms. The summed E-state index contributed by atoms with van der Waals surface area (Å²) in [5, 5.41) is 13.4. The largest absolute Gasteiger partial charge is 0.437 e. The second-order valence-electron chi connectivity index (χ2n) is 6.99. The minimum Gasteiger partial charge on any atom is -0.437 e. The summed E-state index contributed by atoms with van der Waals surface area (Å²) in [5.74, 6) is 1.27. The van der Waals surface area contributed by atoms with E-state index < -0.39 is 0 Å². The van der Waals surface area contributed by atoms with E-state index in [9.17, 15) is 0 Å². The highest BCUT2D eigenvalue weighted by Gasteiger charge is 2.09. The van der Waals surface area contributed by atoms with Crippen LogP contribution in [0.3, 0.4) is 0 Å². The van der Waals surface area contributed by atoms with Crippen molar-refractivity contribution in [1.29, 1.82) is 5.26 Å². The van der Waals surface area contributed by atoms with E-state index in [-0.39, 0.29) is 0 Å². The van der Waals surface area contributed by atoms with Gasteiger partial charge in [-0.15, -0.1) is 5.10 Å². The van der Waals surface area contributed by atoms with Crippen LogP contribution in [0.25, 0.3) is 5.69 Å². The van der Waals surface area contributed by atoms with Crippen molar-refractivity contribution in [2.45, 2.75) is 27.2 Å².